The fraction of sp³-hybridized carbons (Fsp3) is 0.310. The topological polar surface area (TPSA) is 52.6 Å². The normalized spacial score (nSPS) is 10.8. The molecule has 0 bridgehead atoms. The van der Waals surface area contributed by atoms with Crippen molar-refractivity contribution in [2.75, 3.05) is 0 Å². The number of aryl methyl sites for hydroxylation is 2. The Morgan fingerprint density at radius 3 is 1.73 bits per heavy atom. The largest absolute Gasteiger partial charge is 0.419 e. The Bertz CT molecular complexity index is 1090. The molecule has 3 aromatic rings. The zero-order valence-electron chi connectivity index (χ0n) is 19.9. The van der Waals surface area contributed by atoms with Crippen molar-refractivity contribution in [2.45, 2.75) is 59.3 Å². The van der Waals surface area contributed by atoms with Gasteiger partial charge in [-0.25, -0.2) is 9.59 Å². The molecule has 0 aliphatic carbocycles. The first kappa shape index (κ1) is 24.2. The summed E-state index contributed by atoms with van der Waals surface area (Å²) >= 11 is 0. The van der Waals surface area contributed by atoms with Gasteiger partial charge in [0.1, 0.15) is 0 Å². The Kier molecular flexibility index (Phi) is 8.42. The highest BCUT2D eigenvalue weighted by Crippen LogP contribution is 2.43. The van der Waals surface area contributed by atoms with E-state index in [1.807, 2.05) is 19.1 Å². The van der Waals surface area contributed by atoms with Crippen LogP contribution in [0.3, 0.4) is 0 Å². The molecule has 0 unspecified atom stereocenters. The summed E-state index contributed by atoms with van der Waals surface area (Å²) in [5.41, 5.74) is 3.80. The number of esters is 2. The predicted molar refractivity (Wildman–Crippen MR) is 131 cm³/mol. The van der Waals surface area contributed by atoms with Crippen molar-refractivity contribution in [1.82, 2.24) is 0 Å². The third kappa shape index (κ3) is 5.89. The summed E-state index contributed by atoms with van der Waals surface area (Å²) in [4.78, 5) is 26.0. The molecule has 0 aromatic heterocycles. The van der Waals surface area contributed by atoms with Crippen LogP contribution in [0.15, 0.2) is 66.7 Å². The molecule has 0 heterocycles. The molecule has 0 aliphatic heterocycles. The average Bonchev–Trinajstić information content (AvgIpc) is 2.84. The molecule has 33 heavy (non-hydrogen) atoms. The Morgan fingerprint density at radius 2 is 1.27 bits per heavy atom. The number of benzene rings is 3. The van der Waals surface area contributed by atoms with Gasteiger partial charge in [0.25, 0.3) is 0 Å². The van der Waals surface area contributed by atoms with Gasteiger partial charge in [0.2, 0.25) is 0 Å². The van der Waals surface area contributed by atoms with Gasteiger partial charge in [-0.3, -0.25) is 0 Å². The van der Waals surface area contributed by atoms with E-state index in [0.29, 0.717) is 29.0 Å². The fourth-order valence-electron chi connectivity index (χ4n) is 3.90. The second kappa shape index (κ2) is 11.5. The smallest absolute Gasteiger partial charge is 0.343 e. The van der Waals surface area contributed by atoms with Gasteiger partial charge in [-0.2, -0.15) is 0 Å². The van der Waals surface area contributed by atoms with Gasteiger partial charge in [-0.15, -0.1) is 0 Å². The Labute approximate surface area is 196 Å². The summed E-state index contributed by atoms with van der Waals surface area (Å²) in [6.45, 7) is 8.30. The van der Waals surface area contributed by atoms with Crippen LogP contribution in [0.25, 0.3) is 0 Å². The molecule has 0 saturated heterocycles. The average molecular weight is 445 g/mol. The highest BCUT2D eigenvalue weighted by atomic mass is 16.6. The maximum absolute atomic E-state index is 13.1. The number of unbranched alkanes of at least 4 members (excludes halogenated alkanes) is 1. The van der Waals surface area contributed by atoms with Gasteiger partial charge in [0, 0.05) is 5.56 Å². The molecular weight excluding hydrogens is 412 g/mol. The van der Waals surface area contributed by atoms with Crippen molar-refractivity contribution in [3.05, 3.63) is 94.5 Å². The number of ether oxygens (including phenoxy) is 2. The summed E-state index contributed by atoms with van der Waals surface area (Å²) in [5, 5.41) is 0. The van der Waals surface area contributed by atoms with E-state index in [9.17, 15) is 9.59 Å². The Balaban J connectivity index is 2.14. The van der Waals surface area contributed by atoms with Gasteiger partial charge in [-0.1, -0.05) is 76.6 Å². The van der Waals surface area contributed by atoms with Crippen LogP contribution in [0.1, 0.15) is 83.9 Å². The minimum atomic E-state index is -0.474. The van der Waals surface area contributed by atoms with E-state index in [4.69, 9.17) is 9.47 Å². The van der Waals surface area contributed by atoms with Gasteiger partial charge in [0.05, 0.1) is 11.1 Å². The molecule has 0 aliphatic rings. The van der Waals surface area contributed by atoms with Crippen LogP contribution in [0.2, 0.25) is 0 Å². The van der Waals surface area contributed by atoms with Crippen molar-refractivity contribution in [2.24, 2.45) is 0 Å². The Hall–Kier alpha value is -3.40. The number of carbonyl (C=O) groups is 2. The molecular formula is C29H32O4. The van der Waals surface area contributed by atoms with E-state index in [1.165, 1.54) is 0 Å². The fourth-order valence-corrected chi connectivity index (χ4v) is 3.90. The number of hydrogen-bond donors (Lipinski definition) is 0. The lowest BCUT2D eigenvalue weighted by atomic mass is 9.90. The van der Waals surface area contributed by atoms with Crippen LogP contribution in [-0.2, 0) is 12.8 Å². The first-order chi connectivity index (χ1) is 16.0. The summed E-state index contributed by atoms with van der Waals surface area (Å²) < 4.78 is 11.9. The van der Waals surface area contributed by atoms with Crippen molar-refractivity contribution in [1.29, 1.82) is 0 Å². The molecule has 0 saturated carbocycles. The molecule has 3 rings (SSSR count). The molecule has 0 radical (unpaired) electrons. The lowest BCUT2D eigenvalue weighted by Crippen LogP contribution is -2.16. The van der Waals surface area contributed by atoms with E-state index >= 15 is 0 Å². The first-order valence-corrected chi connectivity index (χ1v) is 11.7. The summed E-state index contributed by atoms with van der Waals surface area (Å²) in [5.74, 6) is -0.175. The molecule has 0 amide bonds. The molecule has 3 aromatic carbocycles. The summed E-state index contributed by atoms with van der Waals surface area (Å²) in [7, 11) is 0. The molecule has 4 nitrogen and oxygen atoms in total. The molecule has 0 N–H and O–H groups in total. The third-order valence-electron chi connectivity index (χ3n) is 5.60. The number of hydrogen-bond acceptors (Lipinski definition) is 4. The maximum Gasteiger partial charge on any atom is 0.343 e. The van der Waals surface area contributed by atoms with Crippen molar-refractivity contribution < 1.29 is 19.1 Å². The molecule has 4 heteroatoms. The van der Waals surface area contributed by atoms with Gasteiger partial charge >= 0.3 is 11.9 Å². The van der Waals surface area contributed by atoms with Crippen molar-refractivity contribution in [3.63, 3.8) is 0 Å². The molecule has 0 fully saturated rings. The van der Waals surface area contributed by atoms with Gasteiger partial charge in [0.15, 0.2) is 11.5 Å². The van der Waals surface area contributed by atoms with E-state index in [2.05, 4.69) is 26.8 Å². The summed E-state index contributed by atoms with van der Waals surface area (Å²) in [6, 6.07) is 19.8. The monoisotopic (exact) mass is 444 g/mol. The maximum atomic E-state index is 13.1. The lowest BCUT2D eigenvalue weighted by Gasteiger charge is -2.23. The van der Waals surface area contributed by atoms with Crippen LogP contribution in [0.5, 0.6) is 11.5 Å². The van der Waals surface area contributed by atoms with Crippen LogP contribution in [0.4, 0.5) is 0 Å². The zero-order valence-corrected chi connectivity index (χ0v) is 19.9. The Morgan fingerprint density at radius 1 is 0.758 bits per heavy atom. The van der Waals surface area contributed by atoms with Crippen LogP contribution < -0.4 is 9.47 Å². The molecule has 0 atom stereocenters. The first-order valence-electron chi connectivity index (χ1n) is 11.7. The second-order valence-electron chi connectivity index (χ2n) is 8.39. The van der Waals surface area contributed by atoms with Crippen LogP contribution in [0, 0.1) is 0 Å². The van der Waals surface area contributed by atoms with Gasteiger partial charge in [-0.05, 0) is 60.6 Å². The van der Waals surface area contributed by atoms with E-state index in [1.54, 1.807) is 48.5 Å². The predicted octanol–water partition coefficient (Wildman–Crippen LogP) is 7.15. The standard InChI is InChI=1S/C29H32O4/c1-5-7-14-24-19-21(6-2)26(32-28(30)22-15-10-8-11-16-22)27(25(24)20(3)4)33-29(31)23-17-12-9-13-18-23/h8-13,15-20H,5-7,14H2,1-4H3. The molecule has 0 spiro atoms. The minimum Gasteiger partial charge on any atom is -0.419 e. The van der Waals surface area contributed by atoms with E-state index in [0.717, 1.165) is 36.0 Å². The van der Waals surface area contributed by atoms with E-state index < -0.39 is 11.9 Å². The quantitative estimate of drug-likeness (QED) is 0.260. The van der Waals surface area contributed by atoms with Gasteiger partial charge < -0.3 is 9.47 Å². The molecule has 172 valence electrons. The lowest BCUT2D eigenvalue weighted by molar-refractivity contribution is 0.0679. The number of carbonyl (C=O) groups excluding carboxylic acids is 2. The SMILES string of the molecule is CCCCc1cc(CC)c(OC(=O)c2ccccc2)c(OC(=O)c2ccccc2)c1C(C)C. The third-order valence-corrected chi connectivity index (χ3v) is 5.60. The highest BCUT2D eigenvalue weighted by Gasteiger charge is 2.26. The number of rotatable bonds is 9. The van der Waals surface area contributed by atoms with Crippen LogP contribution >= 0.6 is 0 Å². The summed E-state index contributed by atoms with van der Waals surface area (Å²) in [6.07, 6.45) is 3.60. The second-order valence-corrected chi connectivity index (χ2v) is 8.39. The van der Waals surface area contributed by atoms with Crippen molar-refractivity contribution >= 4 is 11.9 Å². The van der Waals surface area contributed by atoms with E-state index in [-0.39, 0.29) is 5.92 Å². The van der Waals surface area contributed by atoms with Crippen molar-refractivity contribution in [3.8, 4) is 11.5 Å². The zero-order chi connectivity index (χ0) is 23.8. The highest BCUT2D eigenvalue weighted by molar-refractivity contribution is 5.93. The van der Waals surface area contributed by atoms with Crippen LogP contribution in [-0.4, -0.2) is 11.9 Å². The minimum absolute atomic E-state index is 0.0792.